The summed E-state index contributed by atoms with van der Waals surface area (Å²) in [5, 5.41) is 3.42. The topological polar surface area (TPSA) is 38.3 Å². The molecular formula is C17H17BrClNO2. The van der Waals surface area contributed by atoms with Crippen LogP contribution in [0, 0.1) is 6.92 Å². The predicted octanol–water partition coefficient (Wildman–Crippen LogP) is 4.99. The molecule has 0 aromatic heterocycles. The molecule has 2 aromatic rings. The molecule has 116 valence electrons. The van der Waals surface area contributed by atoms with Crippen LogP contribution in [0.1, 0.15) is 17.5 Å². The van der Waals surface area contributed by atoms with E-state index in [1.807, 2.05) is 37.3 Å². The van der Waals surface area contributed by atoms with Crippen LogP contribution in [0.2, 0.25) is 5.02 Å². The second-order valence-electron chi connectivity index (χ2n) is 4.98. The molecule has 5 heteroatoms. The maximum absolute atomic E-state index is 12.0. The Bertz CT molecular complexity index is 688. The van der Waals surface area contributed by atoms with Crippen molar-refractivity contribution in [2.24, 2.45) is 0 Å². The zero-order valence-corrected chi connectivity index (χ0v) is 14.8. The maximum atomic E-state index is 12.0. The number of hydrogen-bond donors (Lipinski definition) is 1. The van der Waals surface area contributed by atoms with Gasteiger partial charge in [0.2, 0.25) is 5.91 Å². The SMILES string of the molecule is COc1ccc(CCC(=O)Nc2ccc(Br)c(Cl)c2)cc1C. The molecule has 0 spiro atoms. The van der Waals surface area contributed by atoms with Gasteiger partial charge in [-0.2, -0.15) is 0 Å². The Morgan fingerprint density at radius 1 is 1.27 bits per heavy atom. The molecule has 0 saturated carbocycles. The summed E-state index contributed by atoms with van der Waals surface area (Å²) < 4.78 is 6.04. The van der Waals surface area contributed by atoms with E-state index in [2.05, 4.69) is 21.2 Å². The lowest BCUT2D eigenvalue weighted by Gasteiger charge is -2.08. The third kappa shape index (κ3) is 4.49. The summed E-state index contributed by atoms with van der Waals surface area (Å²) in [6.45, 7) is 1.99. The molecule has 0 aliphatic rings. The van der Waals surface area contributed by atoms with Crippen LogP contribution in [0.5, 0.6) is 5.75 Å². The number of amides is 1. The monoisotopic (exact) mass is 381 g/mol. The van der Waals surface area contributed by atoms with Crippen molar-refractivity contribution < 1.29 is 9.53 Å². The van der Waals surface area contributed by atoms with E-state index < -0.39 is 0 Å². The van der Waals surface area contributed by atoms with Crippen LogP contribution >= 0.6 is 27.5 Å². The molecule has 0 radical (unpaired) electrons. The zero-order chi connectivity index (χ0) is 16.1. The zero-order valence-electron chi connectivity index (χ0n) is 12.5. The number of anilines is 1. The quantitative estimate of drug-likeness (QED) is 0.791. The Morgan fingerprint density at radius 3 is 2.68 bits per heavy atom. The molecule has 2 aromatic carbocycles. The van der Waals surface area contributed by atoms with Crippen molar-refractivity contribution in [2.45, 2.75) is 19.8 Å². The summed E-state index contributed by atoms with van der Waals surface area (Å²) in [7, 11) is 1.65. The minimum atomic E-state index is -0.0353. The average Bonchev–Trinajstić information content (AvgIpc) is 2.49. The van der Waals surface area contributed by atoms with Gasteiger partial charge in [0.25, 0.3) is 0 Å². The molecule has 1 amide bonds. The second-order valence-corrected chi connectivity index (χ2v) is 6.24. The fourth-order valence-corrected chi connectivity index (χ4v) is 2.58. The number of methoxy groups -OCH3 is 1. The van der Waals surface area contributed by atoms with Gasteiger partial charge in [0, 0.05) is 16.6 Å². The molecule has 0 heterocycles. The largest absolute Gasteiger partial charge is 0.496 e. The normalized spacial score (nSPS) is 10.4. The lowest BCUT2D eigenvalue weighted by Crippen LogP contribution is -2.12. The fourth-order valence-electron chi connectivity index (χ4n) is 2.15. The Labute approximate surface area is 143 Å². The summed E-state index contributed by atoms with van der Waals surface area (Å²) in [5.74, 6) is 0.824. The molecule has 0 saturated heterocycles. The maximum Gasteiger partial charge on any atom is 0.224 e. The number of hydrogen-bond acceptors (Lipinski definition) is 2. The molecule has 22 heavy (non-hydrogen) atoms. The van der Waals surface area contributed by atoms with Crippen molar-refractivity contribution in [1.29, 1.82) is 0 Å². The summed E-state index contributed by atoms with van der Waals surface area (Å²) in [6.07, 6.45) is 1.10. The van der Waals surface area contributed by atoms with E-state index in [9.17, 15) is 4.79 Å². The predicted molar refractivity (Wildman–Crippen MR) is 93.8 cm³/mol. The first kappa shape index (κ1) is 16.8. The number of ether oxygens (including phenoxy) is 1. The highest BCUT2D eigenvalue weighted by atomic mass is 79.9. The summed E-state index contributed by atoms with van der Waals surface area (Å²) in [5.41, 5.74) is 2.88. The first-order chi connectivity index (χ1) is 10.5. The number of halogens is 2. The van der Waals surface area contributed by atoms with Gasteiger partial charge in [-0.3, -0.25) is 4.79 Å². The highest BCUT2D eigenvalue weighted by Crippen LogP contribution is 2.25. The van der Waals surface area contributed by atoms with E-state index >= 15 is 0 Å². The number of rotatable bonds is 5. The number of nitrogens with one attached hydrogen (secondary N) is 1. The molecule has 0 fully saturated rings. The molecule has 0 unspecified atom stereocenters. The van der Waals surface area contributed by atoms with Gasteiger partial charge < -0.3 is 10.1 Å². The van der Waals surface area contributed by atoms with Crippen LogP contribution in [0.25, 0.3) is 0 Å². The number of carbonyl (C=O) groups excluding carboxylic acids is 1. The fraction of sp³-hybridized carbons (Fsp3) is 0.235. The molecule has 0 aliphatic heterocycles. The smallest absolute Gasteiger partial charge is 0.224 e. The third-order valence-corrected chi connectivity index (χ3v) is 4.54. The first-order valence-corrected chi connectivity index (χ1v) is 8.05. The van der Waals surface area contributed by atoms with Crippen molar-refractivity contribution in [1.82, 2.24) is 0 Å². The lowest BCUT2D eigenvalue weighted by atomic mass is 10.1. The van der Waals surface area contributed by atoms with E-state index in [0.717, 1.165) is 21.3 Å². The molecular weight excluding hydrogens is 366 g/mol. The minimum absolute atomic E-state index is 0.0353. The number of carbonyl (C=O) groups is 1. The van der Waals surface area contributed by atoms with E-state index in [4.69, 9.17) is 16.3 Å². The second kappa shape index (κ2) is 7.65. The number of aryl methyl sites for hydroxylation is 2. The van der Waals surface area contributed by atoms with E-state index in [0.29, 0.717) is 23.6 Å². The van der Waals surface area contributed by atoms with Crippen LogP contribution in [0.4, 0.5) is 5.69 Å². The van der Waals surface area contributed by atoms with Crippen LogP contribution < -0.4 is 10.1 Å². The van der Waals surface area contributed by atoms with Gasteiger partial charge >= 0.3 is 0 Å². The van der Waals surface area contributed by atoms with Crippen molar-refractivity contribution in [3.8, 4) is 5.75 Å². The van der Waals surface area contributed by atoms with Gasteiger partial charge in [-0.15, -0.1) is 0 Å². The van der Waals surface area contributed by atoms with Crippen LogP contribution in [0.15, 0.2) is 40.9 Å². The van der Waals surface area contributed by atoms with Crippen LogP contribution in [-0.2, 0) is 11.2 Å². The van der Waals surface area contributed by atoms with Gasteiger partial charge in [-0.05, 0) is 64.7 Å². The first-order valence-electron chi connectivity index (χ1n) is 6.88. The Morgan fingerprint density at radius 2 is 2.05 bits per heavy atom. The van der Waals surface area contributed by atoms with Crippen molar-refractivity contribution in [3.63, 3.8) is 0 Å². The van der Waals surface area contributed by atoms with Gasteiger partial charge in [0.1, 0.15) is 5.75 Å². The Balaban J connectivity index is 1.92. The third-order valence-electron chi connectivity index (χ3n) is 3.30. The lowest BCUT2D eigenvalue weighted by molar-refractivity contribution is -0.116. The highest BCUT2D eigenvalue weighted by molar-refractivity contribution is 9.10. The van der Waals surface area contributed by atoms with E-state index in [1.165, 1.54) is 0 Å². The molecule has 1 N–H and O–H groups in total. The highest BCUT2D eigenvalue weighted by Gasteiger charge is 2.06. The van der Waals surface area contributed by atoms with Crippen molar-refractivity contribution in [3.05, 3.63) is 57.0 Å². The van der Waals surface area contributed by atoms with Crippen LogP contribution in [0.3, 0.4) is 0 Å². The Hall–Kier alpha value is -1.52. The van der Waals surface area contributed by atoms with Gasteiger partial charge in [0.15, 0.2) is 0 Å². The average molecular weight is 383 g/mol. The summed E-state index contributed by atoms with van der Waals surface area (Å²) in [6, 6.07) is 11.3. The number of benzene rings is 2. The van der Waals surface area contributed by atoms with Gasteiger partial charge in [-0.1, -0.05) is 23.7 Å². The summed E-state index contributed by atoms with van der Waals surface area (Å²) >= 11 is 9.33. The molecule has 3 nitrogen and oxygen atoms in total. The Kier molecular flexibility index (Phi) is 5.86. The molecule has 2 rings (SSSR count). The van der Waals surface area contributed by atoms with Gasteiger partial charge in [-0.25, -0.2) is 0 Å². The van der Waals surface area contributed by atoms with E-state index in [1.54, 1.807) is 13.2 Å². The molecule has 0 bridgehead atoms. The van der Waals surface area contributed by atoms with Crippen molar-refractivity contribution >= 4 is 39.1 Å². The molecule has 0 atom stereocenters. The molecule has 0 aliphatic carbocycles. The van der Waals surface area contributed by atoms with Gasteiger partial charge in [0.05, 0.1) is 12.1 Å². The van der Waals surface area contributed by atoms with E-state index in [-0.39, 0.29) is 5.91 Å². The summed E-state index contributed by atoms with van der Waals surface area (Å²) in [4.78, 5) is 12.0. The minimum Gasteiger partial charge on any atom is -0.496 e. The standard InChI is InChI=1S/C17H17BrClNO2/c1-11-9-12(3-7-16(11)22-2)4-8-17(21)20-13-5-6-14(18)15(19)10-13/h3,5-7,9-10H,4,8H2,1-2H3,(H,20,21). The van der Waals surface area contributed by atoms with Crippen LogP contribution in [-0.4, -0.2) is 13.0 Å². The van der Waals surface area contributed by atoms with Crippen molar-refractivity contribution in [2.75, 3.05) is 12.4 Å².